The standard InChI is InChI=1S/C22H25N7O2S/c1-15-16(2)28(13-18-9-6-10-31-18)21(19(15)11-23)24-20(30)14-32-22-25-26-27-29(22)12-17-7-4-3-5-8-17/h3-5,7-8,18H,6,9-10,12-14H2,1-2H3,(H,24,30). The molecule has 10 heteroatoms. The van der Waals surface area contributed by atoms with Gasteiger partial charge >= 0.3 is 0 Å². The van der Waals surface area contributed by atoms with Crippen LogP contribution in [0.25, 0.3) is 0 Å². The molecule has 1 unspecified atom stereocenters. The summed E-state index contributed by atoms with van der Waals surface area (Å²) >= 11 is 1.26. The number of benzene rings is 1. The van der Waals surface area contributed by atoms with E-state index in [1.165, 1.54) is 11.8 Å². The Balaban J connectivity index is 1.44. The number of rotatable bonds is 8. The fraction of sp³-hybridized carbons (Fsp3) is 0.409. The lowest BCUT2D eigenvalue weighted by Gasteiger charge is -2.16. The van der Waals surface area contributed by atoms with Crippen LogP contribution in [0.2, 0.25) is 0 Å². The molecule has 0 spiro atoms. The second-order valence-corrected chi connectivity index (χ2v) is 8.68. The van der Waals surface area contributed by atoms with Crippen LogP contribution < -0.4 is 5.32 Å². The first kappa shape index (κ1) is 22.0. The monoisotopic (exact) mass is 451 g/mol. The van der Waals surface area contributed by atoms with Crippen LogP contribution in [0.15, 0.2) is 35.5 Å². The maximum Gasteiger partial charge on any atom is 0.235 e. The van der Waals surface area contributed by atoms with Crippen LogP contribution in [0.4, 0.5) is 5.82 Å². The largest absolute Gasteiger partial charge is 0.376 e. The topological polar surface area (TPSA) is 111 Å². The Morgan fingerprint density at radius 3 is 2.88 bits per heavy atom. The molecule has 1 N–H and O–H groups in total. The van der Waals surface area contributed by atoms with E-state index < -0.39 is 0 Å². The molecule has 0 radical (unpaired) electrons. The van der Waals surface area contributed by atoms with Gasteiger partial charge in [0, 0.05) is 12.3 Å². The highest BCUT2D eigenvalue weighted by Crippen LogP contribution is 2.28. The Labute approximate surface area is 190 Å². The third-order valence-corrected chi connectivity index (χ3v) is 6.57. The summed E-state index contributed by atoms with van der Waals surface area (Å²) in [4.78, 5) is 12.8. The van der Waals surface area contributed by atoms with Gasteiger partial charge in [-0.1, -0.05) is 42.1 Å². The molecule has 2 aromatic heterocycles. The Morgan fingerprint density at radius 2 is 2.16 bits per heavy atom. The molecule has 1 aliphatic heterocycles. The van der Waals surface area contributed by atoms with Crippen LogP contribution in [-0.2, 0) is 22.6 Å². The molecule has 1 saturated heterocycles. The highest BCUT2D eigenvalue weighted by molar-refractivity contribution is 7.99. The third-order valence-electron chi connectivity index (χ3n) is 5.62. The quantitative estimate of drug-likeness (QED) is 0.524. The maximum atomic E-state index is 12.8. The van der Waals surface area contributed by atoms with E-state index in [4.69, 9.17) is 4.74 Å². The third kappa shape index (κ3) is 4.84. The number of nitrogens with one attached hydrogen (secondary N) is 1. The van der Waals surface area contributed by atoms with Crippen LogP contribution in [-0.4, -0.2) is 49.1 Å². The molecule has 1 atom stereocenters. The Bertz CT molecular complexity index is 1130. The number of thioether (sulfide) groups is 1. The van der Waals surface area contributed by atoms with E-state index in [0.29, 0.717) is 29.6 Å². The lowest BCUT2D eigenvalue weighted by Crippen LogP contribution is -2.22. The van der Waals surface area contributed by atoms with Crippen molar-refractivity contribution in [2.45, 2.75) is 51.0 Å². The number of aromatic nitrogens is 5. The normalized spacial score (nSPS) is 15.6. The van der Waals surface area contributed by atoms with E-state index in [1.54, 1.807) is 4.68 Å². The smallest absolute Gasteiger partial charge is 0.235 e. The van der Waals surface area contributed by atoms with Gasteiger partial charge in [0.1, 0.15) is 11.9 Å². The molecular weight excluding hydrogens is 426 g/mol. The number of carbonyl (C=O) groups excluding carboxylic acids is 1. The Hall–Kier alpha value is -3.16. The minimum atomic E-state index is -0.216. The fourth-order valence-corrected chi connectivity index (χ4v) is 4.48. The summed E-state index contributed by atoms with van der Waals surface area (Å²) in [5.74, 6) is 0.447. The number of carbonyl (C=O) groups is 1. The number of hydrogen-bond donors (Lipinski definition) is 1. The predicted octanol–water partition coefficient (Wildman–Crippen LogP) is 2.92. The van der Waals surface area contributed by atoms with Gasteiger partial charge in [0.15, 0.2) is 0 Å². The predicted molar refractivity (Wildman–Crippen MR) is 120 cm³/mol. The molecule has 1 fully saturated rings. The lowest BCUT2D eigenvalue weighted by atomic mass is 10.2. The summed E-state index contributed by atoms with van der Waals surface area (Å²) in [6.45, 7) is 5.77. The zero-order valence-corrected chi connectivity index (χ0v) is 18.9. The average molecular weight is 452 g/mol. The van der Waals surface area contributed by atoms with Crippen molar-refractivity contribution in [2.75, 3.05) is 17.7 Å². The first-order valence-corrected chi connectivity index (χ1v) is 11.5. The van der Waals surface area contributed by atoms with Gasteiger partial charge < -0.3 is 14.6 Å². The van der Waals surface area contributed by atoms with Crippen LogP contribution in [0.5, 0.6) is 0 Å². The minimum Gasteiger partial charge on any atom is -0.376 e. The highest BCUT2D eigenvalue weighted by atomic mass is 32.2. The molecule has 32 heavy (non-hydrogen) atoms. The fourth-order valence-electron chi connectivity index (χ4n) is 3.80. The van der Waals surface area contributed by atoms with E-state index >= 15 is 0 Å². The molecular formula is C22H25N7O2S. The second kappa shape index (κ2) is 9.97. The zero-order valence-electron chi connectivity index (χ0n) is 18.1. The summed E-state index contributed by atoms with van der Waals surface area (Å²) < 4.78 is 9.43. The van der Waals surface area contributed by atoms with Crippen LogP contribution >= 0.6 is 11.8 Å². The van der Waals surface area contributed by atoms with E-state index in [9.17, 15) is 10.1 Å². The molecule has 3 heterocycles. The van der Waals surface area contributed by atoms with E-state index in [2.05, 4.69) is 26.9 Å². The van der Waals surface area contributed by atoms with Crippen LogP contribution in [0.3, 0.4) is 0 Å². The van der Waals surface area contributed by atoms with E-state index in [1.807, 2.05) is 48.7 Å². The molecule has 1 aliphatic rings. The zero-order chi connectivity index (χ0) is 22.5. The SMILES string of the molecule is Cc1c(C#N)c(NC(=O)CSc2nnnn2Cc2ccccc2)n(CC2CCCO2)c1C. The van der Waals surface area contributed by atoms with Crippen molar-refractivity contribution in [3.8, 4) is 6.07 Å². The van der Waals surface area contributed by atoms with E-state index in [0.717, 1.165) is 36.3 Å². The second-order valence-electron chi connectivity index (χ2n) is 7.73. The van der Waals surface area contributed by atoms with Gasteiger partial charge in [0.05, 0.1) is 30.5 Å². The lowest BCUT2D eigenvalue weighted by molar-refractivity contribution is -0.113. The molecule has 3 aromatic rings. The van der Waals surface area contributed by atoms with Gasteiger partial charge in [-0.25, -0.2) is 4.68 Å². The van der Waals surface area contributed by atoms with Crippen molar-refractivity contribution in [3.05, 3.63) is 52.7 Å². The van der Waals surface area contributed by atoms with Crippen LogP contribution in [0.1, 0.15) is 35.2 Å². The summed E-state index contributed by atoms with van der Waals surface area (Å²) in [6.07, 6.45) is 2.11. The van der Waals surface area contributed by atoms with Gasteiger partial charge in [0.25, 0.3) is 0 Å². The Morgan fingerprint density at radius 1 is 1.34 bits per heavy atom. The van der Waals surface area contributed by atoms with Gasteiger partial charge in [-0.3, -0.25) is 4.79 Å². The summed E-state index contributed by atoms with van der Waals surface area (Å²) in [5, 5.41) is 25.0. The molecule has 0 saturated carbocycles. The van der Waals surface area contributed by atoms with Crippen molar-refractivity contribution < 1.29 is 9.53 Å². The number of nitrogens with zero attached hydrogens (tertiary/aromatic N) is 6. The van der Waals surface area contributed by atoms with Gasteiger partial charge in [0.2, 0.25) is 11.1 Å². The van der Waals surface area contributed by atoms with Gasteiger partial charge in [-0.2, -0.15) is 5.26 Å². The number of ether oxygens (including phenoxy) is 1. The summed E-state index contributed by atoms with van der Waals surface area (Å²) in [6, 6.07) is 12.1. The van der Waals surface area contributed by atoms with Gasteiger partial charge in [-0.05, 0) is 48.2 Å². The Kier molecular flexibility index (Phi) is 6.87. The molecule has 0 bridgehead atoms. The van der Waals surface area contributed by atoms with Gasteiger partial charge in [-0.15, -0.1) is 5.10 Å². The molecule has 166 valence electrons. The summed E-state index contributed by atoms with van der Waals surface area (Å²) in [5.41, 5.74) is 3.41. The number of anilines is 1. The molecule has 1 aromatic carbocycles. The van der Waals surface area contributed by atoms with Crippen LogP contribution in [0, 0.1) is 25.2 Å². The summed E-state index contributed by atoms with van der Waals surface area (Å²) in [7, 11) is 0. The van der Waals surface area contributed by atoms with E-state index in [-0.39, 0.29) is 17.8 Å². The number of amides is 1. The highest BCUT2D eigenvalue weighted by Gasteiger charge is 2.24. The average Bonchev–Trinajstić information content (AvgIpc) is 3.52. The number of hydrogen-bond acceptors (Lipinski definition) is 7. The number of nitriles is 1. The molecule has 4 rings (SSSR count). The first-order valence-electron chi connectivity index (χ1n) is 10.5. The molecule has 1 amide bonds. The van der Waals surface area contributed by atoms with Crippen molar-refractivity contribution in [2.24, 2.45) is 0 Å². The van der Waals surface area contributed by atoms with Crippen molar-refractivity contribution >= 4 is 23.5 Å². The maximum absolute atomic E-state index is 12.8. The van der Waals surface area contributed by atoms with Crippen molar-refractivity contribution in [3.63, 3.8) is 0 Å². The van der Waals surface area contributed by atoms with Crippen molar-refractivity contribution in [1.82, 2.24) is 24.8 Å². The molecule has 9 nitrogen and oxygen atoms in total. The number of tetrazole rings is 1. The minimum absolute atomic E-state index is 0.0969. The first-order chi connectivity index (χ1) is 15.6. The molecule has 0 aliphatic carbocycles. The van der Waals surface area contributed by atoms with Crippen molar-refractivity contribution in [1.29, 1.82) is 5.26 Å².